The lowest BCUT2D eigenvalue weighted by atomic mass is 10.1. The van der Waals surface area contributed by atoms with E-state index in [0.29, 0.717) is 12.5 Å². The number of rotatable bonds is 9. The first-order valence-corrected chi connectivity index (χ1v) is 12.3. The number of guanidine groups is 1. The van der Waals surface area contributed by atoms with E-state index >= 15 is 0 Å². The number of nitrogens with one attached hydrogen (secondary N) is 1. The maximum atomic E-state index is 5.98. The highest BCUT2D eigenvalue weighted by Gasteiger charge is 2.25. The highest BCUT2D eigenvalue weighted by molar-refractivity contribution is 7.98. The first kappa shape index (κ1) is 23.6. The van der Waals surface area contributed by atoms with E-state index in [1.807, 2.05) is 24.1 Å². The van der Waals surface area contributed by atoms with Crippen molar-refractivity contribution in [2.45, 2.75) is 51.4 Å². The molecule has 172 valence electrons. The highest BCUT2D eigenvalue weighted by Crippen LogP contribution is 2.22. The lowest BCUT2D eigenvalue weighted by Gasteiger charge is -2.34. The van der Waals surface area contributed by atoms with Crippen molar-refractivity contribution < 1.29 is 4.74 Å². The van der Waals surface area contributed by atoms with E-state index in [0.717, 1.165) is 68.1 Å². The van der Waals surface area contributed by atoms with Crippen molar-refractivity contribution in [2.75, 3.05) is 39.0 Å². The molecule has 0 spiro atoms. The number of hydrogen-bond donors (Lipinski definition) is 1. The fourth-order valence-corrected chi connectivity index (χ4v) is 4.22. The Labute approximate surface area is 189 Å². The molecule has 1 N–H and O–H groups in total. The fourth-order valence-electron chi connectivity index (χ4n) is 3.70. The molecular formula is C21H36N8OS. The van der Waals surface area contributed by atoms with Crippen LogP contribution in [-0.4, -0.2) is 74.4 Å². The van der Waals surface area contributed by atoms with E-state index in [9.17, 15) is 0 Å². The number of morpholine rings is 1. The summed E-state index contributed by atoms with van der Waals surface area (Å²) in [5, 5.41) is 17.5. The van der Waals surface area contributed by atoms with Crippen molar-refractivity contribution in [2.24, 2.45) is 18.0 Å². The normalized spacial score (nSPS) is 17.5. The summed E-state index contributed by atoms with van der Waals surface area (Å²) in [6, 6.07) is 0. The summed E-state index contributed by atoms with van der Waals surface area (Å²) in [5.74, 6) is 2.57. The molecule has 0 amide bonds. The number of aryl methyl sites for hydroxylation is 2. The quantitative estimate of drug-likeness (QED) is 0.273. The summed E-state index contributed by atoms with van der Waals surface area (Å²) in [7, 11) is 1.93. The molecule has 0 radical (unpaired) electrons. The van der Waals surface area contributed by atoms with Gasteiger partial charge in [0.05, 0.1) is 19.3 Å². The molecule has 0 aliphatic carbocycles. The molecule has 1 aliphatic rings. The molecule has 9 nitrogen and oxygen atoms in total. The maximum absolute atomic E-state index is 5.98. The van der Waals surface area contributed by atoms with Crippen molar-refractivity contribution in [3.8, 4) is 0 Å². The van der Waals surface area contributed by atoms with Gasteiger partial charge in [-0.05, 0) is 25.5 Å². The number of aromatic nitrogens is 5. The van der Waals surface area contributed by atoms with Crippen LogP contribution >= 0.6 is 11.8 Å². The summed E-state index contributed by atoms with van der Waals surface area (Å²) < 4.78 is 10.1. The van der Waals surface area contributed by atoms with Crippen LogP contribution in [0.4, 0.5) is 0 Å². The van der Waals surface area contributed by atoms with E-state index in [1.165, 1.54) is 0 Å². The summed E-state index contributed by atoms with van der Waals surface area (Å²) in [6.45, 7) is 11.4. The van der Waals surface area contributed by atoms with E-state index in [1.54, 1.807) is 11.8 Å². The lowest BCUT2D eigenvalue weighted by molar-refractivity contribution is -0.00804. The Morgan fingerprint density at radius 3 is 2.90 bits per heavy atom. The molecule has 1 aliphatic heterocycles. The summed E-state index contributed by atoms with van der Waals surface area (Å²) >= 11 is 1.65. The number of aliphatic imine (C=N–C) groups is 1. The Kier molecular flexibility index (Phi) is 8.77. The Morgan fingerprint density at radius 1 is 1.39 bits per heavy atom. The molecule has 3 heterocycles. The predicted octanol–water partition coefficient (Wildman–Crippen LogP) is 2.36. The van der Waals surface area contributed by atoms with Gasteiger partial charge in [0.2, 0.25) is 0 Å². The Morgan fingerprint density at radius 2 is 2.23 bits per heavy atom. The topological polar surface area (TPSA) is 85.4 Å². The summed E-state index contributed by atoms with van der Waals surface area (Å²) in [5.41, 5.74) is 1.11. The molecule has 0 saturated carbocycles. The molecule has 0 bridgehead atoms. The van der Waals surface area contributed by atoms with Crippen molar-refractivity contribution in [3.63, 3.8) is 0 Å². The SMILES string of the molecule is CCNC(=NCCCc1nnc(SC)n1CC(C)C)N1CCOC(c2cnn(C)c2)C1. The van der Waals surface area contributed by atoms with Gasteiger partial charge >= 0.3 is 0 Å². The molecule has 2 aromatic rings. The first-order chi connectivity index (χ1) is 15.0. The van der Waals surface area contributed by atoms with Crippen LogP contribution < -0.4 is 5.32 Å². The van der Waals surface area contributed by atoms with Crippen LogP contribution in [0.5, 0.6) is 0 Å². The number of hydrogen-bond acceptors (Lipinski definition) is 6. The van der Waals surface area contributed by atoms with Gasteiger partial charge < -0.3 is 19.5 Å². The molecular weight excluding hydrogens is 412 g/mol. The number of thioether (sulfide) groups is 1. The Hall–Kier alpha value is -2.07. The zero-order valence-electron chi connectivity index (χ0n) is 19.4. The largest absolute Gasteiger partial charge is 0.370 e. The van der Waals surface area contributed by atoms with Gasteiger partial charge in [-0.25, -0.2) is 0 Å². The molecule has 1 atom stereocenters. The van der Waals surface area contributed by atoms with Gasteiger partial charge in [0.1, 0.15) is 11.9 Å². The third-order valence-electron chi connectivity index (χ3n) is 5.14. The Bertz CT molecular complexity index is 846. The molecule has 2 aromatic heterocycles. The van der Waals surface area contributed by atoms with E-state index < -0.39 is 0 Å². The third kappa shape index (κ3) is 6.46. The minimum Gasteiger partial charge on any atom is -0.370 e. The maximum Gasteiger partial charge on any atom is 0.194 e. The first-order valence-electron chi connectivity index (χ1n) is 11.1. The molecule has 1 unspecified atom stereocenters. The Balaban J connectivity index is 1.59. The minimum atomic E-state index is 0.0193. The van der Waals surface area contributed by atoms with Crippen LogP contribution in [0, 0.1) is 5.92 Å². The fraction of sp³-hybridized carbons (Fsp3) is 0.714. The summed E-state index contributed by atoms with van der Waals surface area (Å²) in [4.78, 5) is 7.18. The second kappa shape index (κ2) is 11.5. The second-order valence-corrected chi connectivity index (χ2v) is 8.97. The van der Waals surface area contributed by atoms with Gasteiger partial charge in [0, 0.05) is 51.4 Å². The van der Waals surface area contributed by atoms with E-state index in [-0.39, 0.29) is 6.10 Å². The van der Waals surface area contributed by atoms with Crippen molar-refractivity contribution in [3.05, 3.63) is 23.8 Å². The van der Waals surface area contributed by atoms with Crippen molar-refractivity contribution >= 4 is 17.7 Å². The molecule has 31 heavy (non-hydrogen) atoms. The minimum absolute atomic E-state index is 0.0193. The van der Waals surface area contributed by atoms with Gasteiger partial charge in [-0.2, -0.15) is 5.10 Å². The van der Waals surface area contributed by atoms with Crippen LogP contribution in [0.2, 0.25) is 0 Å². The van der Waals surface area contributed by atoms with Crippen LogP contribution in [0.25, 0.3) is 0 Å². The second-order valence-electron chi connectivity index (χ2n) is 8.20. The van der Waals surface area contributed by atoms with Gasteiger partial charge in [-0.1, -0.05) is 25.6 Å². The third-order valence-corrected chi connectivity index (χ3v) is 5.81. The standard InChI is InChI=1S/C21H36N8OS/c1-6-22-20(28-10-11-30-18(15-28)17-12-24-27(4)14-17)23-9-7-8-19-25-26-21(31-5)29(19)13-16(2)3/h12,14,16,18H,6-11,13,15H2,1-5H3,(H,22,23). The van der Waals surface area contributed by atoms with Gasteiger partial charge in [-0.15, -0.1) is 10.2 Å². The molecule has 0 aromatic carbocycles. The smallest absolute Gasteiger partial charge is 0.194 e. The van der Waals surface area contributed by atoms with Crippen LogP contribution in [0.15, 0.2) is 22.5 Å². The predicted molar refractivity (Wildman–Crippen MR) is 124 cm³/mol. The average molecular weight is 449 g/mol. The highest BCUT2D eigenvalue weighted by atomic mass is 32.2. The lowest BCUT2D eigenvalue weighted by Crippen LogP contribution is -2.48. The zero-order chi connectivity index (χ0) is 22.2. The van der Waals surface area contributed by atoms with Crippen LogP contribution in [-0.2, 0) is 24.8 Å². The van der Waals surface area contributed by atoms with Gasteiger partial charge in [0.25, 0.3) is 0 Å². The zero-order valence-corrected chi connectivity index (χ0v) is 20.2. The number of ether oxygens (including phenoxy) is 1. The molecule has 10 heteroatoms. The van der Waals surface area contributed by atoms with Crippen molar-refractivity contribution in [1.82, 2.24) is 34.8 Å². The summed E-state index contributed by atoms with van der Waals surface area (Å²) in [6.07, 6.45) is 7.80. The van der Waals surface area contributed by atoms with Crippen molar-refractivity contribution in [1.29, 1.82) is 0 Å². The average Bonchev–Trinajstić information content (AvgIpc) is 3.36. The molecule has 1 saturated heterocycles. The van der Waals surface area contributed by atoms with Crippen LogP contribution in [0.3, 0.4) is 0 Å². The number of nitrogens with zero attached hydrogens (tertiary/aromatic N) is 7. The molecule has 1 fully saturated rings. The van der Waals surface area contributed by atoms with E-state index in [4.69, 9.17) is 9.73 Å². The monoisotopic (exact) mass is 448 g/mol. The van der Waals surface area contributed by atoms with Gasteiger partial charge in [0.15, 0.2) is 11.1 Å². The molecule has 3 rings (SSSR count). The van der Waals surface area contributed by atoms with E-state index in [2.05, 4.69) is 57.1 Å². The van der Waals surface area contributed by atoms with Crippen LogP contribution in [0.1, 0.15) is 44.7 Å². The van der Waals surface area contributed by atoms with Gasteiger partial charge in [-0.3, -0.25) is 9.67 Å².